The van der Waals surface area contributed by atoms with Crippen LogP contribution in [0.5, 0.6) is 0 Å². The molecule has 1 rings (SSSR count). The smallest absolute Gasteiger partial charge is 0.123 e. The molecule has 0 bridgehead atoms. The lowest BCUT2D eigenvalue weighted by Gasteiger charge is -2.17. The monoisotopic (exact) mass is 239 g/mol. The van der Waals surface area contributed by atoms with Crippen LogP contribution in [-0.4, -0.2) is 26.8 Å². The topological polar surface area (TPSA) is 21.3 Å². The van der Waals surface area contributed by atoms with Crippen LogP contribution in [0.4, 0.5) is 4.39 Å². The van der Waals surface area contributed by atoms with E-state index in [1.807, 2.05) is 19.2 Å². The highest BCUT2D eigenvalue weighted by Gasteiger charge is 2.10. The minimum absolute atomic E-state index is 0.181. The molecule has 1 N–H and O–H groups in total. The molecule has 2 nitrogen and oxygen atoms in total. The van der Waals surface area contributed by atoms with Crippen molar-refractivity contribution in [1.82, 2.24) is 5.32 Å². The number of halogens is 1. The van der Waals surface area contributed by atoms with Gasteiger partial charge in [-0.1, -0.05) is 19.1 Å². The molecule has 1 unspecified atom stereocenters. The quantitative estimate of drug-likeness (QED) is 0.704. The van der Waals surface area contributed by atoms with E-state index < -0.39 is 0 Å². The number of likely N-dealkylation sites (N-methyl/N-ethyl adjacent to an activating group) is 1. The minimum Gasteiger partial charge on any atom is -0.381 e. The summed E-state index contributed by atoms with van der Waals surface area (Å²) in [6.07, 6.45) is 2.01. The van der Waals surface area contributed by atoms with Crippen LogP contribution in [-0.2, 0) is 4.74 Å². The number of hydrogen-bond donors (Lipinski definition) is 1. The second-order valence-electron chi connectivity index (χ2n) is 4.21. The Bertz CT molecular complexity index is 300. The summed E-state index contributed by atoms with van der Waals surface area (Å²) in [5.74, 6) is 0.205. The lowest BCUT2D eigenvalue weighted by molar-refractivity contribution is 0.127. The van der Waals surface area contributed by atoms with Gasteiger partial charge in [0.2, 0.25) is 0 Å². The molecule has 0 saturated carbocycles. The molecule has 1 atom stereocenters. The molecule has 0 fully saturated rings. The Balaban J connectivity index is 2.49. The molecular weight excluding hydrogens is 217 g/mol. The maximum Gasteiger partial charge on any atom is 0.123 e. The fourth-order valence-corrected chi connectivity index (χ4v) is 1.84. The molecule has 1 aromatic carbocycles. The Morgan fingerprint density at radius 1 is 1.24 bits per heavy atom. The van der Waals surface area contributed by atoms with E-state index in [0.29, 0.717) is 5.92 Å². The average Bonchev–Trinajstić information content (AvgIpc) is 2.34. The van der Waals surface area contributed by atoms with E-state index >= 15 is 0 Å². The van der Waals surface area contributed by atoms with Crippen LogP contribution in [0.1, 0.15) is 31.2 Å². The zero-order valence-electron chi connectivity index (χ0n) is 10.7. The van der Waals surface area contributed by atoms with E-state index in [9.17, 15) is 4.39 Å². The number of hydrogen-bond acceptors (Lipinski definition) is 2. The molecule has 0 saturated heterocycles. The summed E-state index contributed by atoms with van der Waals surface area (Å²) in [5.41, 5.74) is 1.17. The van der Waals surface area contributed by atoms with Gasteiger partial charge < -0.3 is 10.1 Å². The molecule has 0 spiro atoms. The Morgan fingerprint density at radius 3 is 2.53 bits per heavy atom. The van der Waals surface area contributed by atoms with Gasteiger partial charge in [0, 0.05) is 19.8 Å². The van der Waals surface area contributed by atoms with Crippen LogP contribution in [0.15, 0.2) is 24.3 Å². The van der Waals surface area contributed by atoms with Crippen LogP contribution >= 0.6 is 0 Å². The fraction of sp³-hybridized carbons (Fsp3) is 0.571. The summed E-state index contributed by atoms with van der Waals surface area (Å²) in [7, 11) is 1.93. The lowest BCUT2D eigenvalue weighted by Crippen LogP contribution is -2.19. The highest BCUT2D eigenvalue weighted by molar-refractivity contribution is 5.20. The second-order valence-corrected chi connectivity index (χ2v) is 4.21. The second kappa shape index (κ2) is 8.20. The van der Waals surface area contributed by atoms with Crippen LogP contribution in [0, 0.1) is 5.82 Å². The molecule has 17 heavy (non-hydrogen) atoms. The highest BCUT2D eigenvalue weighted by Crippen LogP contribution is 2.19. The lowest BCUT2D eigenvalue weighted by atomic mass is 9.96. The van der Waals surface area contributed by atoms with Crippen LogP contribution < -0.4 is 5.32 Å². The Morgan fingerprint density at radius 2 is 1.94 bits per heavy atom. The van der Waals surface area contributed by atoms with Crippen molar-refractivity contribution in [3.63, 3.8) is 0 Å². The van der Waals surface area contributed by atoms with E-state index in [0.717, 1.165) is 32.6 Å². The van der Waals surface area contributed by atoms with Crippen LogP contribution in [0.25, 0.3) is 0 Å². The van der Waals surface area contributed by atoms with Gasteiger partial charge in [-0.15, -0.1) is 0 Å². The predicted octanol–water partition coefficient (Wildman–Crippen LogP) is 2.95. The van der Waals surface area contributed by atoms with E-state index in [4.69, 9.17) is 4.74 Å². The molecular formula is C14H22FNO. The summed E-state index contributed by atoms with van der Waals surface area (Å²) in [6.45, 7) is 4.57. The SMILES string of the molecule is CCCOCCC(CNC)c1ccc(F)cc1. The van der Waals surface area contributed by atoms with Crippen molar-refractivity contribution in [3.8, 4) is 0 Å². The summed E-state index contributed by atoms with van der Waals surface area (Å²) in [4.78, 5) is 0. The van der Waals surface area contributed by atoms with E-state index in [2.05, 4.69) is 12.2 Å². The molecule has 3 heteroatoms. The van der Waals surface area contributed by atoms with Crippen molar-refractivity contribution in [2.45, 2.75) is 25.7 Å². The molecule has 0 aromatic heterocycles. The molecule has 0 aliphatic carbocycles. The van der Waals surface area contributed by atoms with Gasteiger partial charge in [0.15, 0.2) is 0 Å². The normalized spacial score (nSPS) is 12.6. The zero-order chi connectivity index (χ0) is 12.5. The predicted molar refractivity (Wildman–Crippen MR) is 68.8 cm³/mol. The van der Waals surface area contributed by atoms with E-state index in [1.165, 1.54) is 17.7 Å². The molecule has 0 amide bonds. The third-order valence-corrected chi connectivity index (χ3v) is 2.75. The van der Waals surface area contributed by atoms with Crippen LogP contribution in [0.2, 0.25) is 0 Å². The van der Waals surface area contributed by atoms with Gasteiger partial charge in [0.05, 0.1) is 0 Å². The van der Waals surface area contributed by atoms with Crippen molar-refractivity contribution < 1.29 is 9.13 Å². The molecule has 0 heterocycles. The first kappa shape index (κ1) is 14.1. The maximum atomic E-state index is 12.8. The van der Waals surface area contributed by atoms with Gasteiger partial charge in [0.1, 0.15) is 5.82 Å². The van der Waals surface area contributed by atoms with Gasteiger partial charge in [-0.25, -0.2) is 4.39 Å². The molecule has 0 radical (unpaired) electrons. The van der Waals surface area contributed by atoms with Gasteiger partial charge in [0.25, 0.3) is 0 Å². The number of ether oxygens (including phenoxy) is 1. The summed E-state index contributed by atoms with van der Waals surface area (Å²) < 4.78 is 18.4. The van der Waals surface area contributed by atoms with Gasteiger partial charge in [-0.05, 0) is 43.5 Å². The van der Waals surface area contributed by atoms with Crippen molar-refractivity contribution in [2.75, 3.05) is 26.8 Å². The largest absolute Gasteiger partial charge is 0.381 e. The number of nitrogens with one attached hydrogen (secondary N) is 1. The highest BCUT2D eigenvalue weighted by atomic mass is 19.1. The van der Waals surface area contributed by atoms with Crippen molar-refractivity contribution in [2.24, 2.45) is 0 Å². The standard InChI is InChI=1S/C14H22FNO/c1-3-9-17-10-8-13(11-16-2)12-4-6-14(15)7-5-12/h4-7,13,16H,3,8-11H2,1-2H3. The first-order valence-electron chi connectivity index (χ1n) is 6.25. The number of benzene rings is 1. The molecule has 0 aliphatic heterocycles. The molecule has 96 valence electrons. The third-order valence-electron chi connectivity index (χ3n) is 2.75. The zero-order valence-corrected chi connectivity index (χ0v) is 10.7. The summed E-state index contributed by atoms with van der Waals surface area (Å²) in [6, 6.07) is 6.75. The molecule has 1 aromatic rings. The van der Waals surface area contributed by atoms with Gasteiger partial charge in [-0.2, -0.15) is 0 Å². The van der Waals surface area contributed by atoms with E-state index in [-0.39, 0.29) is 5.82 Å². The van der Waals surface area contributed by atoms with Gasteiger partial charge in [-0.3, -0.25) is 0 Å². The summed E-state index contributed by atoms with van der Waals surface area (Å²) >= 11 is 0. The van der Waals surface area contributed by atoms with Crippen molar-refractivity contribution in [3.05, 3.63) is 35.6 Å². The third kappa shape index (κ3) is 5.29. The Labute approximate surface area is 103 Å². The minimum atomic E-state index is -0.181. The Kier molecular flexibility index (Phi) is 6.82. The van der Waals surface area contributed by atoms with Crippen molar-refractivity contribution >= 4 is 0 Å². The van der Waals surface area contributed by atoms with Gasteiger partial charge >= 0.3 is 0 Å². The fourth-order valence-electron chi connectivity index (χ4n) is 1.84. The van der Waals surface area contributed by atoms with E-state index in [1.54, 1.807) is 0 Å². The maximum absolute atomic E-state index is 12.8. The Hall–Kier alpha value is -0.930. The first-order valence-corrected chi connectivity index (χ1v) is 6.25. The summed E-state index contributed by atoms with van der Waals surface area (Å²) in [5, 5.41) is 3.17. The average molecular weight is 239 g/mol. The van der Waals surface area contributed by atoms with Crippen molar-refractivity contribution in [1.29, 1.82) is 0 Å². The first-order chi connectivity index (χ1) is 8.27. The van der Waals surface area contributed by atoms with Crippen LogP contribution in [0.3, 0.4) is 0 Å². The molecule has 0 aliphatic rings. The number of rotatable bonds is 8.